The first-order chi connectivity index (χ1) is 8.70. The van der Waals surface area contributed by atoms with Crippen molar-refractivity contribution in [3.8, 4) is 5.75 Å². The number of aliphatic hydroxyl groups excluding tert-OH is 1. The maximum atomic E-state index is 9.81. The van der Waals surface area contributed by atoms with Gasteiger partial charge in [-0.2, -0.15) is 0 Å². The summed E-state index contributed by atoms with van der Waals surface area (Å²) in [4.78, 5) is 0. The molecule has 1 N–H and O–H groups in total. The first-order valence-corrected chi connectivity index (χ1v) is 6.73. The Labute approximate surface area is 109 Å². The maximum absolute atomic E-state index is 9.81. The Morgan fingerprint density at radius 3 is 2.72 bits per heavy atom. The van der Waals surface area contributed by atoms with E-state index in [1.807, 2.05) is 12.1 Å². The van der Waals surface area contributed by atoms with Crippen molar-refractivity contribution in [2.75, 3.05) is 13.2 Å². The molecule has 1 aromatic carbocycles. The van der Waals surface area contributed by atoms with Crippen LogP contribution in [0.1, 0.15) is 38.2 Å². The van der Waals surface area contributed by atoms with E-state index in [4.69, 9.17) is 9.47 Å². The zero-order valence-corrected chi connectivity index (χ0v) is 11.1. The van der Waals surface area contributed by atoms with Crippen LogP contribution in [0.25, 0.3) is 0 Å². The standard InChI is InChI=1S/C15H22O3/c1-3-11(2)12-4-6-13(7-5-12)18-15-10-17-9-8-14(15)16/h4-7,11,14-16H,3,8-10H2,1-2H3. The van der Waals surface area contributed by atoms with E-state index in [1.165, 1.54) is 5.56 Å². The third-order valence-corrected chi connectivity index (χ3v) is 3.62. The van der Waals surface area contributed by atoms with Gasteiger partial charge in [0.15, 0.2) is 0 Å². The molecule has 100 valence electrons. The number of hydrogen-bond acceptors (Lipinski definition) is 3. The van der Waals surface area contributed by atoms with Gasteiger partial charge in [-0.15, -0.1) is 0 Å². The molecule has 3 nitrogen and oxygen atoms in total. The second-order valence-corrected chi connectivity index (χ2v) is 4.97. The summed E-state index contributed by atoms with van der Waals surface area (Å²) in [7, 11) is 0. The van der Waals surface area contributed by atoms with Gasteiger partial charge < -0.3 is 14.6 Å². The van der Waals surface area contributed by atoms with Crippen LogP contribution in [0.15, 0.2) is 24.3 Å². The summed E-state index contributed by atoms with van der Waals surface area (Å²) in [5, 5.41) is 9.81. The average Bonchev–Trinajstić information content (AvgIpc) is 2.41. The molecule has 1 fully saturated rings. The summed E-state index contributed by atoms with van der Waals surface area (Å²) in [5.41, 5.74) is 1.32. The van der Waals surface area contributed by atoms with Crippen molar-refractivity contribution in [2.45, 2.75) is 44.8 Å². The van der Waals surface area contributed by atoms with Crippen molar-refractivity contribution in [1.29, 1.82) is 0 Å². The fourth-order valence-corrected chi connectivity index (χ4v) is 2.10. The Balaban J connectivity index is 1.97. The highest BCUT2D eigenvalue weighted by Crippen LogP contribution is 2.23. The van der Waals surface area contributed by atoms with Crippen molar-refractivity contribution in [1.82, 2.24) is 0 Å². The third kappa shape index (κ3) is 3.24. The van der Waals surface area contributed by atoms with E-state index < -0.39 is 6.10 Å². The highest BCUT2D eigenvalue weighted by Gasteiger charge is 2.25. The zero-order chi connectivity index (χ0) is 13.0. The van der Waals surface area contributed by atoms with Gasteiger partial charge in [-0.3, -0.25) is 0 Å². The van der Waals surface area contributed by atoms with Gasteiger partial charge in [0.1, 0.15) is 11.9 Å². The highest BCUT2D eigenvalue weighted by atomic mass is 16.5. The Kier molecular flexibility index (Phi) is 4.61. The zero-order valence-electron chi connectivity index (χ0n) is 11.1. The normalized spacial score (nSPS) is 25.7. The van der Waals surface area contributed by atoms with Crippen LogP contribution in [0.5, 0.6) is 5.75 Å². The Morgan fingerprint density at radius 2 is 2.11 bits per heavy atom. The summed E-state index contributed by atoms with van der Waals surface area (Å²) in [6.45, 7) is 5.49. The van der Waals surface area contributed by atoms with E-state index in [0.29, 0.717) is 25.6 Å². The van der Waals surface area contributed by atoms with Crippen LogP contribution in [0, 0.1) is 0 Å². The second kappa shape index (κ2) is 6.21. The molecule has 0 bridgehead atoms. The minimum Gasteiger partial charge on any atom is -0.485 e. The smallest absolute Gasteiger partial charge is 0.148 e. The maximum Gasteiger partial charge on any atom is 0.148 e. The van der Waals surface area contributed by atoms with Crippen molar-refractivity contribution < 1.29 is 14.6 Å². The average molecular weight is 250 g/mol. The number of hydrogen-bond donors (Lipinski definition) is 1. The molecule has 2 rings (SSSR count). The second-order valence-electron chi connectivity index (χ2n) is 4.97. The van der Waals surface area contributed by atoms with Gasteiger partial charge in [0.05, 0.1) is 12.7 Å². The number of ether oxygens (including phenoxy) is 2. The molecule has 1 aliphatic rings. The predicted octanol–water partition coefficient (Wildman–Crippen LogP) is 2.73. The molecule has 0 radical (unpaired) electrons. The van der Waals surface area contributed by atoms with E-state index in [1.54, 1.807) is 0 Å². The van der Waals surface area contributed by atoms with Crippen molar-refractivity contribution >= 4 is 0 Å². The molecule has 1 aliphatic heterocycles. The van der Waals surface area contributed by atoms with Crippen LogP contribution in [-0.4, -0.2) is 30.5 Å². The summed E-state index contributed by atoms with van der Waals surface area (Å²) in [5.74, 6) is 1.37. The molecule has 3 unspecified atom stereocenters. The third-order valence-electron chi connectivity index (χ3n) is 3.62. The molecule has 1 heterocycles. The number of aliphatic hydroxyl groups is 1. The molecule has 0 saturated carbocycles. The monoisotopic (exact) mass is 250 g/mol. The van der Waals surface area contributed by atoms with Crippen LogP contribution in [0.2, 0.25) is 0 Å². The van der Waals surface area contributed by atoms with Gasteiger partial charge >= 0.3 is 0 Å². The highest BCUT2D eigenvalue weighted by molar-refractivity contribution is 5.29. The molecule has 0 spiro atoms. The topological polar surface area (TPSA) is 38.7 Å². The van der Waals surface area contributed by atoms with Gasteiger partial charge in [0, 0.05) is 13.0 Å². The molecular formula is C15H22O3. The fraction of sp³-hybridized carbons (Fsp3) is 0.600. The first-order valence-electron chi connectivity index (χ1n) is 6.73. The lowest BCUT2D eigenvalue weighted by Gasteiger charge is -2.28. The van der Waals surface area contributed by atoms with Crippen LogP contribution in [-0.2, 0) is 4.74 Å². The largest absolute Gasteiger partial charge is 0.485 e. The molecular weight excluding hydrogens is 228 g/mol. The van der Waals surface area contributed by atoms with Crippen molar-refractivity contribution in [3.05, 3.63) is 29.8 Å². The van der Waals surface area contributed by atoms with E-state index in [2.05, 4.69) is 26.0 Å². The van der Waals surface area contributed by atoms with Crippen molar-refractivity contribution in [2.24, 2.45) is 0 Å². The summed E-state index contributed by atoms with van der Waals surface area (Å²) in [6.07, 6.45) is 1.12. The lowest BCUT2D eigenvalue weighted by atomic mass is 9.99. The minimum atomic E-state index is -0.423. The van der Waals surface area contributed by atoms with E-state index in [9.17, 15) is 5.11 Å². The van der Waals surface area contributed by atoms with Crippen LogP contribution in [0.4, 0.5) is 0 Å². The molecule has 18 heavy (non-hydrogen) atoms. The van der Waals surface area contributed by atoms with E-state index >= 15 is 0 Å². The number of benzene rings is 1. The lowest BCUT2D eigenvalue weighted by molar-refractivity contribution is -0.0735. The quantitative estimate of drug-likeness (QED) is 0.893. The van der Waals surface area contributed by atoms with Crippen LogP contribution in [0.3, 0.4) is 0 Å². The summed E-state index contributed by atoms with van der Waals surface area (Å²) >= 11 is 0. The first kappa shape index (κ1) is 13.4. The predicted molar refractivity (Wildman–Crippen MR) is 71.0 cm³/mol. The van der Waals surface area contributed by atoms with Gasteiger partial charge in [-0.05, 0) is 30.0 Å². The molecule has 0 aliphatic carbocycles. The summed E-state index contributed by atoms with van der Waals surface area (Å²) in [6, 6.07) is 8.14. The summed E-state index contributed by atoms with van der Waals surface area (Å²) < 4.78 is 11.1. The Bertz CT molecular complexity index is 361. The Hall–Kier alpha value is -1.06. The molecule has 1 saturated heterocycles. The number of rotatable bonds is 4. The molecule has 1 aromatic rings. The van der Waals surface area contributed by atoms with Crippen LogP contribution >= 0.6 is 0 Å². The SMILES string of the molecule is CCC(C)c1ccc(OC2COCCC2O)cc1. The van der Waals surface area contributed by atoms with Crippen LogP contribution < -0.4 is 4.74 Å². The van der Waals surface area contributed by atoms with Gasteiger partial charge in [-0.1, -0.05) is 26.0 Å². The molecule has 0 aromatic heterocycles. The van der Waals surface area contributed by atoms with Gasteiger partial charge in [0.2, 0.25) is 0 Å². The van der Waals surface area contributed by atoms with E-state index in [-0.39, 0.29) is 6.10 Å². The molecule has 0 amide bonds. The van der Waals surface area contributed by atoms with Gasteiger partial charge in [-0.25, -0.2) is 0 Å². The van der Waals surface area contributed by atoms with Crippen molar-refractivity contribution in [3.63, 3.8) is 0 Å². The minimum absolute atomic E-state index is 0.242. The Morgan fingerprint density at radius 1 is 1.39 bits per heavy atom. The van der Waals surface area contributed by atoms with E-state index in [0.717, 1.165) is 12.2 Å². The molecule has 3 heteroatoms. The molecule has 3 atom stereocenters. The van der Waals surface area contributed by atoms with Gasteiger partial charge in [0.25, 0.3) is 0 Å². The lowest BCUT2D eigenvalue weighted by Crippen LogP contribution is -2.40. The fourth-order valence-electron chi connectivity index (χ4n) is 2.10.